The second-order valence-corrected chi connectivity index (χ2v) is 2.39. The molecule has 0 spiro atoms. The first-order valence-corrected chi connectivity index (χ1v) is 3.12. The van der Waals surface area contributed by atoms with Gasteiger partial charge in [0.1, 0.15) is 6.79 Å². The number of alkyl halides is 6. The summed E-state index contributed by atoms with van der Waals surface area (Å²) in [5.74, 6) is -10.3. The third-order valence-electron chi connectivity index (χ3n) is 1.53. The summed E-state index contributed by atoms with van der Waals surface area (Å²) < 4.78 is 72.9. The average Bonchev–Trinajstić information content (AvgIpc) is 2.14. The number of aliphatic imine (C=N–C) groups is 1. The van der Waals surface area contributed by atoms with Crippen LogP contribution in [0.3, 0.4) is 0 Å². The molecule has 0 radical (unpaired) electrons. The molecular weight excluding hydrogens is 216 g/mol. The predicted octanol–water partition coefficient (Wildman–Crippen LogP) is 2.14. The Balaban J connectivity index is 0.000000791. The molecule has 1 rings (SSSR count). The summed E-state index contributed by atoms with van der Waals surface area (Å²) in [6.45, 7) is 2.44. The van der Waals surface area contributed by atoms with E-state index in [1.807, 2.05) is 11.8 Å². The van der Waals surface area contributed by atoms with Gasteiger partial charge in [0, 0.05) is 0 Å². The molecule has 0 saturated heterocycles. The molecule has 0 fully saturated rings. The number of carbonyl (C=O) groups excluding carboxylic acids is 1. The fourth-order valence-electron chi connectivity index (χ4n) is 0.767. The molecule has 0 aliphatic carbocycles. The van der Waals surface area contributed by atoms with Crippen molar-refractivity contribution >= 4 is 12.5 Å². The summed E-state index contributed by atoms with van der Waals surface area (Å²) >= 11 is 0. The van der Waals surface area contributed by atoms with Crippen LogP contribution in [0.2, 0.25) is 0 Å². The van der Waals surface area contributed by atoms with Crippen molar-refractivity contribution in [3.8, 4) is 0 Å². The summed E-state index contributed by atoms with van der Waals surface area (Å²) in [5.41, 5.74) is -1.54. The Kier molecular flexibility index (Phi) is 3.00. The molecule has 0 amide bonds. The normalized spacial score (nSPS) is 26.1. The van der Waals surface area contributed by atoms with E-state index in [4.69, 9.17) is 4.79 Å². The van der Waals surface area contributed by atoms with Crippen LogP contribution in [0.25, 0.3) is 0 Å². The van der Waals surface area contributed by atoms with Crippen molar-refractivity contribution < 1.29 is 31.1 Å². The molecule has 0 aromatic carbocycles. The van der Waals surface area contributed by atoms with E-state index in [1.54, 1.807) is 0 Å². The standard InChI is InChI=1S/C5H3F6N.CH2O/c1-2-3(6,7)4(8,9)5(10,11)12-2;1-2/h1H3;1H2. The quantitative estimate of drug-likeness (QED) is 0.455. The molecule has 0 N–H and O–H groups in total. The Morgan fingerprint density at radius 2 is 1.43 bits per heavy atom. The molecule has 0 aromatic heterocycles. The molecule has 8 heteroatoms. The van der Waals surface area contributed by atoms with Crippen LogP contribution >= 0.6 is 0 Å². The highest BCUT2D eigenvalue weighted by atomic mass is 19.3. The topological polar surface area (TPSA) is 29.4 Å². The summed E-state index contributed by atoms with van der Waals surface area (Å²) in [6, 6.07) is -5.00. The van der Waals surface area contributed by atoms with Crippen LogP contribution in [0.4, 0.5) is 26.3 Å². The lowest BCUT2D eigenvalue weighted by Gasteiger charge is -2.21. The van der Waals surface area contributed by atoms with E-state index in [9.17, 15) is 26.3 Å². The molecule has 1 aliphatic heterocycles. The summed E-state index contributed by atoms with van der Waals surface area (Å²) in [6.07, 6.45) is 0. The Morgan fingerprint density at radius 1 is 1.07 bits per heavy atom. The van der Waals surface area contributed by atoms with Gasteiger partial charge in [-0.2, -0.15) is 26.3 Å². The molecule has 14 heavy (non-hydrogen) atoms. The molecule has 0 saturated carbocycles. The second kappa shape index (κ2) is 3.25. The van der Waals surface area contributed by atoms with Gasteiger partial charge in [-0.05, 0) is 6.92 Å². The molecule has 0 unspecified atom stereocenters. The smallest absolute Gasteiger partial charge is 0.307 e. The molecule has 0 aromatic rings. The zero-order valence-corrected chi connectivity index (χ0v) is 6.83. The fraction of sp³-hybridized carbons (Fsp3) is 0.667. The highest BCUT2D eigenvalue weighted by Crippen LogP contribution is 2.51. The second-order valence-electron chi connectivity index (χ2n) is 2.39. The monoisotopic (exact) mass is 221 g/mol. The maximum absolute atomic E-state index is 12.3. The lowest BCUT2D eigenvalue weighted by Crippen LogP contribution is -2.50. The first kappa shape index (κ1) is 12.9. The highest BCUT2D eigenvalue weighted by molar-refractivity contribution is 5.92. The Labute approximate surface area is 74.6 Å². The predicted molar refractivity (Wildman–Crippen MR) is 35.1 cm³/mol. The van der Waals surface area contributed by atoms with Gasteiger partial charge in [-0.1, -0.05) is 0 Å². The van der Waals surface area contributed by atoms with Gasteiger partial charge < -0.3 is 4.79 Å². The fourth-order valence-corrected chi connectivity index (χ4v) is 0.767. The first-order chi connectivity index (χ1) is 6.13. The number of rotatable bonds is 0. The van der Waals surface area contributed by atoms with Crippen molar-refractivity contribution in [2.45, 2.75) is 24.8 Å². The van der Waals surface area contributed by atoms with Crippen LogP contribution in [0.5, 0.6) is 0 Å². The maximum atomic E-state index is 12.3. The van der Waals surface area contributed by atoms with Crippen molar-refractivity contribution in [2.75, 3.05) is 0 Å². The Hall–Kier alpha value is -1.08. The maximum Gasteiger partial charge on any atom is 0.411 e. The third kappa shape index (κ3) is 1.38. The van der Waals surface area contributed by atoms with E-state index in [0.717, 1.165) is 0 Å². The molecular formula is C6H5F6NO. The van der Waals surface area contributed by atoms with E-state index in [2.05, 4.69) is 0 Å². The van der Waals surface area contributed by atoms with E-state index < -0.39 is 23.6 Å². The van der Waals surface area contributed by atoms with Crippen molar-refractivity contribution in [1.82, 2.24) is 0 Å². The van der Waals surface area contributed by atoms with E-state index in [0.29, 0.717) is 6.92 Å². The van der Waals surface area contributed by atoms with Crippen molar-refractivity contribution in [3.05, 3.63) is 0 Å². The number of hydrogen-bond donors (Lipinski definition) is 0. The van der Waals surface area contributed by atoms with Crippen LogP contribution in [0, 0.1) is 0 Å². The van der Waals surface area contributed by atoms with Gasteiger partial charge in [0.25, 0.3) is 0 Å². The van der Waals surface area contributed by atoms with Crippen LogP contribution < -0.4 is 0 Å². The minimum Gasteiger partial charge on any atom is -0.307 e. The van der Waals surface area contributed by atoms with Crippen LogP contribution in [-0.4, -0.2) is 30.4 Å². The first-order valence-electron chi connectivity index (χ1n) is 3.12. The Morgan fingerprint density at radius 3 is 1.50 bits per heavy atom. The molecule has 82 valence electrons. The molecule has 0 atom stereocenters. The van der Waals surface area contributed by atoms with Gasteiger partial charge in [0.15, 0.2) is 0 Å². The van der Waals surface area contributed by atoms with Gasteiger partial charge in [0.2, 0.25) is 0 Å². The minimum atomic E-state index is -5.41. The Bertz CT molecular complexity index is 261. The zero-order chi connectivity index (χ0) is 11.8. The largest absolute Gasteiger partial charge is 0.411 e. The lowest BCUT2D eigenvalue weighted by molar-refractivity contribution is -0.266. The van der Waals surface area contributed by atoms with Crippen molar-refractivity contribution in [2.24, 2.45) is 4.99 Å². The molecule has 1 heterocycles. The minimum absolute atomic E-state index is 0.439. The number of hydrogen-bond acceptors (Lipinski definition) is 2. The summed E-state index contributed by atoms with van der Waals surface area (Å²) in [4.78, 5) is 9.91. The number of nitrogens with zero attached hydrogens (tertiary/aromatic N) is 1. The number of carbonyl (C=O) groups is 1. The third-order valence-corrected chi connectivity index (χ3v) is 1.53. The van der Waals surface area contributed by atoms with Gasteiger partial charge in [-0.25, -0.2) is 4.99 Å². The molecule has 2 nitrogen and oxygen atoms in total. The van der Waals surface area contributed by atoms with E-state index in [-0.39, 0.29) is 0 Å². The average molecular weight is 221 g/mol. The van der Waals surface area contributed by atoms with Crippen molar-refractivity contribution in [3.63, 3.8) is 0 Å². The van der Waals surface area contributed by atoms with Crippen molar-refractivity contribution in [1.29, 1.82) is 0 Å². The van der Waals surface area contributed by atoms with Crippen LogP contribution in [-0.2, 0) is 4.79 Å². The summed E-state index contributed by atoms with van der Waals surface area (Å²) in [7, 11) is 0. The van der Waals surface area contributed by atoms with Crippen LogP contribution in [0.1, 0.15) is 6.92 Å². The van der Waals surface area contributed by atoms with Gasteiger partial charge in [-0.3, -0.25) is 0 Å². The molecule has 1 aliphatic rings. The lowest BCUT2D eigenvalue weighted by atomic mass is 10.1. The van der Waals surface area contributed by atoms with E-state index in [1.165, 1.54) is 0 Å². The molecule has 0 bridgehead atoms. The van der Waals surface area contributed by atoms with Gasteiger partial charge in [0.05, 0.1) is 5.71 Å². The van der Waals surface area contributed by atoms with Crippen LogP contribution in [0.15, 0.2) is 4.99 Å². The zero-order valence-electron chi connectivity index (χ0n) is 6.83. The highest BCUT2D eigenvalue weighted by Gasteiger charge is 2.77. The summed E-state index contributed by atoms with van der Waals surface area (Å²) in [5, 5.41) is 0. The van der Waals surface area contributed by atoms with E-state index >= 15 is 0 Å². The SMILES string of the molecule is C=O.CC1=NC(F)(F)C(F)(F)C1(F)F. The number of halogens is 6. The van der Waals surface area contributed by atoms with Gasteiger partial charge in [-0.15, -0.1) is 0 Å². The van der Waals surface area contributed by atoms with Gasteiger partial charge >= 0.3 is 17.9 Å².